The smallest absolute Gasteiger partial charge is 0.326 e. The molecule has 1 heterocycles. The summed E-state index contributed by atoms with van der Waals surface area (Å²) in [5, 5.41) is 25.9. The second-order valence-corrected chi connectivity index (χ2v) is 9.88. The van der Waals surface area contributed by atoms with Crippen LogP contribution in [0.4, 0.5) is 0 Å². The molecule has 0 aliphatic carbocycles. The summed E-state index contributed by atoms with van der Waals surface area (Å²) in [5.41, 5.74) is 6.27. The largest absolute Gasteiger partial charge is 0.481 e. The van der Waals surface area contributed by atoms with Crippen molar-refractivity contribution in [2.24, 2.45) is 5.73 Å². The number of hydrogen-bond donors (Lipinski definition) is 7. The Hall–Kier alpha value is -2.78. The van der Waals surface area contributed by atoms with E-state index in [0.29, 0.717) is 17.2 Å². The second-order valence-electron chi connectivity index (χ2n) is 7.90. The van der Waals surface area contributed by atoms with Crippen LogP contribution in [0.25, 0.3) is 0 Å². The van der Waals surface area contributed by atoms with Crippen LogP contribution in [0.3, 0.4) is 0 Å². The van der Waals surface area contributed by atoms with Gasteiger partial charge in [-0.2, -0.15) is 23.5 Å². The number of hydrogen-bond acceptors (Lipinski definition) is 9. The van der Waals surface area contributed by atoms with Crippen LogP contribution in [0, 0.1) is 0 Å². The monoisotopic (exact) mass is 546 g/mol. The summed E-state index contributed by atoms with van der Waals surface area (Å²) in [5.74, 6) is -3.26. The van der Waals surface area contributed by atoms with Crippen LogP contribution in [0.15, 0.2) is 12.5 Å². The molecule has 0 aromatic carbocycles. The molecule has 4 atom stereocenters. The summed E-state index contributed by atoms with van der Waals surface area (Å²) in [6, 6.07) is -4.40. The van der Waals surface area contributed by atoms with Crippen molar-refractivity contribution in [3.63, 3.8) is 0 Å². The van der Waals surface area contributed by atoms with Gasteiger partial charge in [0.2, 0.25) is 17.7 Å². The highest BCUT2D eigenvalue weighted by molar-refractivity contribution is 7.98. The molecule has 1 rings (SSSR count). The first kappa shape index (κ1) is 31.3. The zero-order valence-electron chi connectivity index (χ0n) is 20.2. The lowest BCUT2D eigenvalue weighted by Gasteiger charge is -2.25. The molecule has 15 heteroatoms. The maximum atomic E-state index is 13.0. The highest BCUT2D eigenvalue weighted by Gasteiger charge is 2.30. The van der Waals surface area contributed by atoms with Gasteiger partial charge in [0.25, 0.3) is 0 Å². The standard InChI is InChI=1S/C21H34N6O7S2/c1-35-7-5-14(25-18(30)13(22)3-4-17(28)29)19(31)26-15(6-8-36-2)20(32)27-16(21(33)34)9-12-10-23-11-24-12/h10-11,13-16H,3-9,22H2,1-2H3,(H,23,24)(H,25,30)(H,26,31)(H,27,32)(H,28,29)(H,33,34). The lowest BCUT2D eigenvalue weighted by molar-refractivity contribution is -0.142. The summed E-state index contributed by atoms with van der Waals surface area (Å²) in [6.45, 7) is 0. The summed E-state index contributed by atoms with van der Waals surface area (Å²) in [4.78, 5) is 67.5. The quantitative estimate of drug-likeness (QED) is 0.121. The predicted octanol–water partition coefficient (Wildman–Crippen LogP) is -0.810. The summed E-state index contributed by atoms with van der Waals surface area (Å²) in [7, 11) is 0. The molecule has 0 saturated heterocycles. The average molecular weight is 547 g/mol. The molecule has 1 aromatic heterocycles. The van der Waals surface area contributed by atoms with Gasteiger partial charge in [0, 0.05) is 24.7 Å². The highest BCUT2D eigenvalue weighted by Crippen LogP contribution is 2.07. The van der Waals surface area contributed by atoms with Crippen LogP contribution < -0.4 is 21.7 Å². The minimum atomic E-state index is -1.24. The third-order valence-corrected chi connectivity index (χ3v) is 6.37. The van der Waals surface area contributed by atoms with E-state index in [0.717, 1.165) is 0 Å². The Morgan fingerprint density at radius 1 is 0.917 bits per heavy atom. The Morgan fingerprint density at radius 2 is 1.44 bits per heavy atom. The number of nitrogens with one attached hydrogen (secondary N) is 4. The van der Waals surface area contributed by atoms with E-state index in [1.165, 1.54) is 36.0 Å². The Kier molecular flexibility index (Phi) is 14.6. The zero-order chi connectivity index (χ0) is 27.1. The van der Waals surface area contributed by atoms with Gasteiger partial charge in [-0.1, -0.05) is 0 Å². The number of carboxylic acids is 2. The summed E-state index contributed by atoms with van der Waals surface area (Å²) >= 11 is 2.90. The number of rotatable bonds is 18. The molecular weight excluding hydrogens is 512 g/mol. The molecule has 202 valence electrons. The van der Waals surface area contributed by atoms with Crippen molar-refractivity contribution in [3.05, 3.63) is 18.2 Å². The molecular formula is C21H34N6O7S2. The molecule has 0 spiro atoms. The second kappa shape index (κ2) is 16.8. The van der Waals surface area contributed by atoms with Crippen LogP contribution in [-0.2, 0) is 30.4 Å². The number of aromatic amines is 1. The molecule has 0 aliphatic heterocycles. The Bertz CT molecular complexity index is 871. The first-order chi connectivity index (χ1) is 17.1. The normalized spacial score (nSPS) is 14.2. The van der Waals surface area contributed by atoms with Crippen LogP contribution >= 0.6 is 23.5 Å². The number of carbonyl (C=O) groups is 5. The lowest BCUT2D eigenvalue weighted by Crippen LogP contribution is -2.57. The minimum Gasteiger partial charge on any atom is -0.481 e. The highest BCUT2D eigenvalue weighted by atomic mass is 32.2. The molecule has 13 nitrogen and oxygen atoms in total. The Labute approximate surface area is 217 Å². The third-order valence-electron chi connectivity index (χ3n) is 5.09. The molecule has 4 unspecified atom stereocenters. The van der Waals surface area contributed by atoms with Crippen LogP contribution in [-0.4, -0.2) is 98.0 Å². The van der Waals surface area contributed by atoms with Crippen molar-refractivity contribution < 1.29 is 34.2 Å². The number of nitrogens with zero attached hydrogens (tertiary/aromatic N) is 1. The van der Waals surface area contributed by atoms with Crippen molar-refractivity contribution in [2.45, 2.75) is 56.3 Å². The molecule has 0 radical (unpaired) electrons. The number of carbonyl (C=O) groups excluding carboxylic acids is 3. The van der Waals surface area contributed by atoms with E-state index in [2.05, 4.69) is 25.9 Å². The average Bonchev–Trinajstić information content (AvgIpc) is 3.34. The summed E-state index contributed by atoms with van der Waals surface area (Å²) in [6.07, 6.45) is 6.58. The number of nitrogens with two attached hydrogens (primary N) is 1. The van der Waals surface area contributed by atoms with Crippen molar-refractivity contribution in [1.82, 2.24) is 25.9 Å². The van der Waals surface area contributed by atoms with E-state index in [4.69, 9.17) is 10.8 Å². The van der Waals surface area contributed by atoms with E-state index in [1.807, 2.05) is 12.5 Å². The van der Waals surface area contributed by atoms with Gasteiger partial charge in [0.05, 0.1) is 12.4 Å². The van der Waals surface area contributed by atoms with Gasteiger partial charge in [-0.15, -0.1) is 0 Å². The fourth-order valence-corrected chi connectivity index (χ4v) is 4.00. The topological polar surface area (TPSA) is 217 Å². The molecule has 36 heavy (non-hydrogen) atoms. The van der Waals surface area contributed by atoms with Crippen molar-refractivity contribution >= 4 is 53.2 Å². The van der Waals surface area contributed by atoms with Gasteiger partial charge in [-0.3, -0.25) is 19.2 Å². The van der Waals surface area contributed by atoms with Crippen molar-refractivity contribution in [1.29, 1.82) is 0 Å². The molecule has 0 bridgehead atoms. The van der Waals surface area contributed by atoms with E-state index in [-0.39, 0.29) is 32.1 Å². The van der Waals surface area contributed by atoms with Crippen LogP contribution in [0.2, 0.25) is 0 Å². The van der Waals surface area contributed by atoms with Gasteiger partial charge in [0.15, 0.2) is 0 Å². The molecule has 8 N–H and O–H groups in total. The Balaban J connectivity index is 2.91. The lowest BCUT2D eigenvalue weighted by atomic mass is 10.1. The summed E-state index contributed by atoms with van der Waals surface area (Å²) < 4.78 is 0. The van der Waals surface area contributed by atoms with Crippen molar-refractivity contribution in [3.8, 4) is 0 Å². The van der Waals surface area contributed by atoms with Crippen LogP contribution in [0.1, 0.15) is 31.4 Å². The minimum absolute atomic E-state index is 0.0229. The number of amides is 3. The van der Waals surface area contributed by atoms with E-state index in [1.54, 1.807) is 0 Å². The first-order valence-corrected chi connectivity index (χ1v) is 13.9. The van der Waals surface area contributed by atoms with Crippen molar-refractivity contribution in [2.75, 3.05) is 24.0 Å². The number of imidazole rings is 1. The van der Waals surface area contributed by atoms with Crippen LogP contribution in [0.5, 0.6) is 0 Å². The molecule has 0 aliphatic rings. The SMILES string of the molecule is CSCCC(NC(=O)C(N)CCC(=O)O)C(=O)NC(CCSC)C(=O)NC(Cc1cnc[nH]1)C(=O)O. The number of aliphatic carboxylic acids is 2. The van der Waals surface area contributed by atoms with Gasteiger partial charge in [-0.25, -0.2) is 9.78 Å². The van der Waals surface area contributed by atoms with E-state index < -0.39 is 53.8 Å². The first-order valence-electron chi connectivity index (χ1n) is 11.1. The zero-order valence-corrected chi connectivity index (χ0v) is 21.8. The number of carboxylic acid groups (broad SMARTS) is 2. The third kappa shape index (κ3) is 11.8. The number of H-pyrrole nitrogens is 1. The fourth-order valence-electron chi connectivity index (χ4n) is 3.06. The molecule has 3 amide bonds. The molecule has 0 fully saturated rings. The van der Waals surface area contributed by atoms with E-state index >= 15 is 0 Å². The maximum Gasteiger partial charge on any atom is 0.326 e. The van der Waals surface area contributed by atoms with Gasteiger partial charge < -0.3 is 36.9 Å². The molecule has 1 aromatic rings. The Morgan fingerprint density at radius 3 is 1.89 bits per heavy atom. The maximum absolute atomic E-state index is 13.0. The number of aromatic nitrogens is 2. The fraction of sp³-hybridized carbons (Fsp3) is 0.619. The number of thioether (sulfide) groups is 2. The molecule has 0 saturated carbocycles. The van der Waals surface area contributed by atoms with Gasteiger partial charge in [-0.05, 0) is 43.3 Å². The van der Waals surface area contributed by atoms with Gasteiger partial charge >= 0.3 is 11.9 Å². The van der Waals surface area contributed by atoms with Gasteiger partial charge in [0.1, 0.15) is 18.1 Å². The van der Waals surface area contributed by atoms with E-state index in [9.17, 15) is 29.1 Å². The predicted molar refractivity (Wildman–Crippen MR) is 137 cm³/mol.